The molecule has 4 N–H and O–H groups in total. The highest BCUT2D eigenvalue weighted by atomic mass is 19.1. The lowest BCUT2D eigenvalue weighted by Crippen LogP contribution is -2.33. The van der Waals surface area contributed by atoms with Gasteiger partial charge in [-0.05, 0) is 74.9 Å². The molecule has 1 aliphatic heterocycles. The number of carbonyl (C=O) groups excluding carboxylic acids is 2. The van der Waals surface area contributed by atoms with E-state index in [4.69, 9.17) is 5.73 Å². The summed E-state index contributed by atoms with van der Waals surface area (Å²) in [6.45, 7) is 4.33. The molecule has 0 aliphatic carbocycles. The monoisotopic (exact) mass is 428 g/mol. The Balaban J connectivity index is 1.71. The lowest BCUT2D eigenvalue weighted by molar-refractivity contribution is 0.0951. The Morgan fingerprint density at radius 3 is 2.68 bits per heavy atom. The van der Waals surface area contributed by atoms with Crippen LogP contribution >= 0.6 is 0 Å². The molecule has 166 valence electrons. The molecule has 0 unspecified atom stereocenters. The van der Waals surface area contributed by atoms with E-state index in [9.17, 15) is 18.8 Å². The van der Waals surface area contributed by atoms with Crippen LogP contribution in [0, 0.1) is 18.7 Å². The third-order valence-electron chi connectivity index (χ3n) is 5.72. The van der Waals surface area contributed by atoms with Crippen LogP contribution in [0.3, 0.4) is 0 Å². The molecule has 0 atom stereocenters. The minimum absolute atomic E-state index is 0.0943. The van der Waals surface area contributed by atoms with E-state index in [-0.39, 0.29) is 29.4 Å². The smallest absolute Gasteiger partial charge is 0.263 e. The molecule has 3 rings (SSSR count). The zero-order valence-corrected chi connectivity index (χ0v) is 17.7. The molecular weight excluding hydrogens is 399 g/mol. The van der Waals surface area contributed by atoms with E-state index in [1.165, 1.54) is 22.9 Å². The van der Waals surface area contributed by atoms with Gasteiger partial charge in [0.25, 0.3) is 17.4 Å². The predicted octanol–water partition coefficient (Wildman–Crippen LogP) is 1.95. The van der Waals surface area contributed by atoms with Crippen LogP contribution in [0.15, 0.2) is 35.3 Å². The molecule has 0 bridgehead atoms. The summed E-state index contributed by atoms with van der Waals surface area (Å²) >= 11 is 0. The number of nitrogens with two attached hydrogens (primary N) is 1. The molecule has 0 spiro atoms. The van der Waals surface area contributed by atoms with Crippen LogP contribution in [0.4, 0.5) is 4.39 Å². The standard InChI is InChI=1S/C23H29FN4O3/c1-15-11-17(4-5-20(15)24)13-28-14-18(12-19(21(25)29)23(28)31)22(30)27-8-2-3-16-6-9-26-10-7-16/h4-5,11-12,14,16,26H,2-3,6-10,13H2,1H3,(H2,25,29)(H,27,30). The van der Waals surface area contributed by atoms with E-state index in [1.54, 1.807) is 19.1 Å². The highest BCUT2D eigenvalue weighted by Gasteiger charge is 2.17. The van der Waals surface area contributed by atoms with Crippen molar-refractivity contribution in [2.24, 2.45) is 11.7 Å². The van der Waals surface area contributed by atoms with E-state index in [1.807, 2.05) is 0 Å². The van der Waals surface area contributed by atoms with Gasteiger partial charge in [-0.3, -0.25) is 14.4 Å². The summed E-state index contributed by atoms with van der Waals surface area (Å²) in [4.78, 5) is 37.0. The molecule has 0 saturated carbocycles. The fraction of sp³-hybridized carbons (Fsp3) is 0.435. The van der Waals surface area contributed by atoms with Crippen molar-refractivity contribution >= 4 is 11.8 Å². The molecule has 1 saturated heterocycles. The van der Waals surface area contributed by atoms with Crippen molar-refractivity contribution in [2.45, 2.75) is 39.2 Å². The van der Waals surface area contributed by atoms with Crippen molar-refractivity contribution in [3.05, 3.63) is 68.9 Å². The molecule has 1 aromatic heterocycles. The van der Waals surface area contributed by atoms with Gasteiger partial charge in [-0.25, -0.2) is 4.39 Å². The number of aromatic nitrogens is 1. The number of rotatable bonds is 8. The van der Waals surface area contributed by atoms with Crippen LogP contribution in [-0.4, -0.2) is 36.0 Å². The molecular formula is C23H29FN4O3. The number of carbonyl (C=O) groups is 2. The number of hydrogen-bond acceptors (Lipinski definition) is 4. The molecule has 1 fully saturated rings. The fourth-order valence-corrected chi connectivity index (χ4v) is 3.92. The molecule has 2 heterocycles. The average Bonchev–Trinajstić information content (AvgIpc) is 2.75. The van der Waals surface area contributed by atoms with Gasteiger partial charge in [0.05, 0.1) is 12.1 Å². The van der Waals surface area contributed by atoms with Crippen molar-refractivity contribution in [3.63, 3.8) is 0 Å². The van der Waals surface area contributed by atoms with Gasteiger partial charge in [0, 0.05) is 12.7 Å². The Morgan fingerprint density at radius 1 is 1.26 bits per heavy atom. The first-order chi connectivity index (χ1) is 14.8. The van der Waals surface area contributed by atoms with Crippen LogP contribution in [0.5, 0.6) is 0 Å². The number of benzene rings is 1. The second-order valence-corrected chi connectivity index (χ2v) is 8.11. The van der Waals surface area contributed by atoms with Crippen molar-refractivity contribution in [2.75, 3.05) is 19.6 Å². The van der Waals surface area contributed by atoms with E-state index in [0.29, 0.717) is 23.6 Å². The quantitative estimate of drug-likeness (QED) is 0.559. The summed E-state index contributed by atoms with van der Waals surface area (Å²) in [5.74, 6) is -0.918. The van der Waals surface area contributed by atoms with Gasteiger partial charge >= 0.3 is 0 Å². The second kappa shape index (κ2) is 10.3. The van der Waals surface area contributed by atoms with Gasteiger partial charge in [0.15, 0.2) is 0 Å². The maximum atomic E-state index is 13.5. The van der Waals surface area contributed by atoms with Gasteiger partial charge in [0.1, 0.15) is 11.4 Å². The number of hydrogen-bond donors (Lipinski definition) is 3. The Hall–Kier alpha value is -3.00. The Morgan fingerprint density at radius 2 is 2.00 bits per heavy atom. The van der Waals surface area contributed by atoms with Gasteiger partial charge in [-0.1, -0.05) is 12.1 Å². The number of piperidine rings is 1. The number of amides is 2. The van der Waals surface area contributed by atoms with E-state index < -0.39 is 11.5 Å². The summed E-state index contributed by atoms with van der Waals surface area (Å²) in [6.07, 6.45) is 5.65. The van der Waals surface area contributed by atoms with Crippen LogP contribution < -0.4 is 21.9 Å². The number of primary amides is 1. The second-order valence-electron chi connectivity index (χ2n) is 8.11. The summed E-state index contributed by atoms with van der Waals surface area (Å²) in [5.41, 5.74) is 5.83. The van der Waals surface area contributed by atoms with E-state index in [2.05, 4.69) is 10.6 Å². The number of aryl methyl sites for hydroxylation is 1. The molecule has 8 heteroatoms. The van der Waals surface area contributed by atoms with Gasteiger partial charge in [-0.15, -0.1) is 0 Å². The summed E-state index contributed by atoms with van der Waals surface area (Å²) in [5, 5.41) is 6.20. The zero-order chi connectivity index (χ0) is 22.4. The van der Waals surface area contributed by atoms with Crippen molar-refractivity contribution in [1.29, 1.82) is 0 Å². The molecule has 1 aromatic carbocycles. The molecule has 7 nitrogen and oxygen atoms in total. The number of halogens is 1. The first kappa shape index (κ1) is 22.7. The predicted molar refractivity (Wildman–Crippen MR) is 117 cm³/mol. The largest absolute Gasteiger partial charge is 0.365 e. The van der Waals surface area contributed by atoms with E-state index >= 15 is 0 Å². The van der Waals surface area contributed by atoms with Crippen LogP contribution in [0.2, 0.25) is 0 Å². The summed E-state index contributed by atoms with van der Waals surface area (Å²) in [6, 6.07) is 5.74. The summed E-state index contributed by atoms with van der Waals surface area (Å²) < 4.78 is 14.8. The lowest BCUT2D eigenvalue weighted by atomic mass is 9.93. The van der Waals surface area contributed by atoms with Gasteiger partial charge < -0.3 is 20.9 Å². The maximum Gasteiger partial charge on any atom is 0.263 e. The van der Waals surface area contributed by atoms with E-state index in [0.717, 1.165) is 38.8 Å². The zero-order valence-electron chi connectivity index (χ0n) is 17.7. The molecule has 2 aromatic rings. The van der Waals surface area contributed by atoms with Crippen molar-refractivity contribution in [3.8, 4) is 0 Å². The SMILES string of the molecule is Cc1cc(Cn2cc(C(=O)NCCCC3CCNCC3)cc(C(N)=O)c2=O)ccc1F. The highest BCUT2D eigenvalue weighted by Crippen LogP contribution is 2.17. The third-order valence-corrected chi connectivity index (χ3v) is 5.72. The Bertz CT molecular complexity index is 1010. The maximum absolute atomic E-state index is 13.5. The van der Waals surface area contributed by atoms with Crippen molar-refractivity contribution < 1.29 is 14.0 Å². The summed E-state index contributed by atoms with van der Waals surface area (Å²) in [7, 11) is 0. The first-order valence-electron chi connectivity index (χ1n) is 10.6. The third kappa shape index (κ3) is 6.01. The first-order valence-corrected chi connectivity index (χ1v) is 10.6. The number of nitrogens with zero attached hydrogens (tertiary/aromatic N) is 1. The molecule has 0 radical (unpaired) electrons. The Labute approximate surface area is 180 Å². The van der Waals surface area contributed by atoms with Gasteiger partial charge in [0.2, 0.25) is 0 Å². The molecule has 31 heavy (non-hydrogen) atoms. The molecule has 1 aliphatic rings. The topological polar surface area (TPSA) is 106 Å². The minimum Gasteiger partial charge on any atom is -0.365 e. The number of pyridine rings is 1. The fourth-order valence-electron chi connectivity index (χ4n) is 3.92. The Kier molecular flexibility index (Phi) is 7.57. The molecule has 2 amide bonds. The lowest BCUT2D eigenvalue weighted by Gasteiger charge is -2.22. The minimum atomic E-state index is -0.894. The van der Waals surface area contributed by atoms with Crippen LogP contribution in [-0.2, 0) is 6.54 Å². The number of nitrogens with one attached hydrogen (secondary N) is 2. The normalized spacial score (nSPS) is 14.4. The van der Waals surface area contributed by atoms with Crippen LogP contribution in [0.1, 0.15) is 57.5 Å². The van der Waals surface area contributed by atoms with Gasteiger partial charge in [-0.2, -0.15) is 0 Å². The van der Waals surface area contributed by atoms with Crippen LogP contribution in [0.25, 0.3) is 0 Å². The van der Waals surface area contributed by atoms with Crippen molar-refractivity contribution in [1.82, 2.24) is 15.2 Å². The highest BCUT2D eigenvalue weighted by molar-refractivity contribution is 5.98. The average molecular weight is 429 g/mol.